The van der Waals surface area contributed by atoms with Crippen LogP contribution in [0.15, 0.2) is 60.7 Å². The lowest BCUT2D eigenvalue weighted by Gasteiger charge is -2.12. The highest BCUT2D eigenvalue weighted by Crippen LogP contribution is 2.33. The highest BCUT2D eigenvalue weighted by atomic mass is 19.1. The first kappa shape index (κ1) is 17.0. The zero-order valence-corrected chi connectivity index (χ0v) is 14.5. The number of nitrogens with zero attached hydrogens (tertiary/aromatic N) is 1. The summed E-state index contributed by atoms with van der Waals surface area (Å²) in [6.07, 6.45) is 0. The number of benzene rings is 3. The van der Waals surface area contributed by atoms with Crippen molar-refractivity contribution in [3.05, 3.63) is 77.9 Å². The van der Waals surface area contributed by atoms with Gasteiger partial charge in [0.15, 0.2) is 11.5 Å². The van der Waals surface area contributed by atoms with Crippen molar-refractivity contribution in [3.8, 4) is 22.9 Å². The Hall–Kier alpha value is -3.41. The van der Waals surface area contributed by atoms with E-state index >= 15 is 0 Å². The molecule has 0 radical (unpaired) electrons. The molecule has 0 fully saturated rings. The predicted octanol–water partition coefficient (Wildman–Crippen LogP) is 5.10. The van der Waals surface area contributed by atoms with E-state index in [1.54, 1.807) is 37.4 Å². The molecule has 0 unspecified atom stereocenters. The molecule has 0 spiro atoms. The minimum atomic E-state index is -0.323. The molecule has 0 atom stereocenters. The van der Waals surface area contributed by atoms with E-state index in [1.165, 1.54) is 24.3 Å². The first-order chi connectivity index (χ1) is 13.1. The topological polar surface area (TPSA) is 47.1 Å². The summed E-state index contributed by atoms with van der Waals surface area (Å²) in [6.45, 7) is 0.220. The first-order valence-corrected chi connectivity index (χ1v) is 8.33. The summed E-state index contributed by atoms with van der Waals surface area (Å²) in [6, 6.07) is 16.0. The predicted molar refractivity (Wildman–Crippen MR) is 98.8 cm³/mol. The Morgan fingerprint density at radius 3 is 2.59 bits per heavy atom. The van der Waals surface area contributed by atoms with Crippen molar-refractivity contribution in [1.82, 2.24) is 9.97 Å². The molecule has 0 amide bonds. The lowest BCUT2D eigenvalue weighted by atomic mass is 10.2. The Morgan fingerprint density at radius 2 is 1.78 bits per heavy atom. The fourth-order valence-corrected chi connectivity index (χ4v) is 2.84. The van der Waals surface area contributed by atoms with Gasteiger partial charge >= 0.3 is 0 Å². The van der Waals surface area contributed by atoms with Gasteiger partial charge in [-0.25, -0.2) is 13.8 Å². The van der Waals surface area contributed by atoms with Crippen molar-refractivity contribution in [2.45, 2.75) is 6.61 Å². The number of fused-ring (bicyclic) bond motifs is 1. The number of H-pyrrole nitrogens is 1. The van der Waals surface area contributed by atoms with Gasteiger partial charge in [0, 0.05) is 5.56 Å². The number of aromatic nitrogens is 2. The second-order valence-electron chi connectivity index (χ2n) is 6.03. The van der Waals surface area contributed by atoms with Crippen LogP contribution in [0.1, 0.15) is 5.56 Å². The van der Waals surface area contributed by atoms with Crippen molar-refractivity contribution in [1.29, 1.82) is 0 Å². The van der Waals surface area contributed by atoms with E-state index in [1.807, 2.05) is 6.07 Å². The lowest BCUT2D eigenvalue weighted by molar-refractivity contribution is 0.284. The first-order valence-electron chi connectivity index (χ1n) is 8.33. The minimum Gasteiger partial charge on any atom is -0.493 e. The molecule has 4 nitrogen and oxygen atoms in total. The monoisotopic (exact) mass is 366 g/mol. The molecular formula is C21H16F2N2O2. The van der Waals surface area contributed by atoms with Crippen LogP contribution in [0.25, 0.3) is 22.4 Å². The second kappa shape index (κ2) is 7.07. The SMILES string of the molecule is COc1cc(-c2nc3ccc(F)cc3[nH]2)ccc1OCc1cccc(F)c1. The summed E-state index contributed by atoms with van der Waals surface area (Å²) in [7, 11) is 1.54. The van der Waals surface area contributed by atoms with Crippen LogP contribution in [-0.4, -0.2) is 17.1 Å². The Bertz CT molecular complexity index is 1110. The molecule has 0 saturated heterocycles. The third-order valence-corrected chi connectivity index (χ3v) is 4.16. The molecule has 27 heavy (non-hydrogen) atoms. The summed E-state index contributed by atoms with van der Waals surface area (Å²) < 4.78 is 37.8. The number of ether oxygens (including phenoxy) is 2. The second-order valence-corrected chi connectivity index (χ2v) is 6.03. The molecule has 1 aromatic heterocycles. The van der Waals surface area contributed by atoms with Gasteiger partial charge in [0.2, 0.25) is 0 Å². The van der Waals surface area contributed by atoms with Crippen molar-refractivity contribution in [3.63, 3.8) is 0 Å². The van der Waals surface area contributed by atoms with Crippen molar-refractivity contribution < 1.29 is 18.3 Å². The van der Waals surface area contributed by atoms with Crippen molar-refractivity contribution >= 4 is 11.0 Å². The number of halogens is 2. The molecule has 6 heteroatoms. The molecule has 0 aliphatic rings. The van der Waals surface area contributed by atoms with E-state index < -0.39 is 0 Å². The Morgan fingerprint density at radius 1 is 0.926 bits per heavy atom. The van der Waals surface area contributed by atoms with Gasteiger partial charge < -0.3 is 14.5 Å². The summed E-state index contributed by atoms with van der Waals surface area (Å²) in [5.74, 6) is 1.03. The van der Waals surface area contributed by atoms with Crippen LogP contribution in [0, 0.1) is 11.6 Å². The maximum Gasteiger partial charge on any atom is 0.161 e. The van der Waals surface area contributed by atoms with E-state index in [-0.39, 0.29) is 18.2 Å². The van der Waals surface area contributed by atoms with E-state index in [4.69, 9.17) is 9.47 Å². The normalized spacial score (nSPS) is 10.9. The maximum absolute atomic E-state index is 13.4. The number of aromatic amines is 1. The lowest BCUT2D eigenvalue weighted by Crippen LogP contribution is -1.98. The van der Waals surface area contributed by atoms with Crippen LogP contribution in [0.5, 0.6) is 11.5 Å². The van der Waals surface area contributed by atoms with Gasteiger partial charge in [-0.3, -0.25) is 0 Å². The van der Waals surface area contributed by atoms with Crippen LogP contribution in [-0.2, 0) is 6.61 Å². The fraction of sp³-hybridized carbons (Fsp3) is 0.0952. The molecule has 4 aromatic rings. The maximum atomic E-state index is 13.4. The van der Waals surface area contributed by atoms with Gasteiger partial charge in [0.25, 0.3) is 0 Å². The number of hydrogen-bond donors (Lipinski definition) is 1. The summed E-state index contributed by atoms with van der Waals surface area (Å²) in [5, 5.41) is 0. The average Bonchev–Trinajstić information content (AvgIpc) is 3.09. The van der Waals surface area contributed by atoms with Gasteiger partial charge in [-0.2, -0.15) is 0 Å². The minimum absolute atomic E-state index is 0.220. The highest BCUT2D eigenvalue weighted by molar-refractivity contribution is 5.79. The van der Waals surface area contributed by atoms with Crippen LogP contribution in [0.3, 0.4) is 0 Å². The van der Waals surface area contributed by atoms with Crippen LogP contribution in [0.4, 0.5) is 8.78 Å². The standard InChI is InChI=1S/C21H16F2N2O2/c1-26-20-10-14(21-24-17-7-6-16(23)11-18(17)25-21)5-8-19(20)27-12-13-3-2-4-15(22)9-13/h2-11H,12H2,1H3,(H,24,25). The molecule has 0 bridgehead atoms. The van der Waals surface area contributed by atoms with Gasteiger partial charge in [0.1, 0.15) is 24.1 Å². The van der Waals surface area contributed by atoms with E-state index in [9.17, 15) is 8.78 Å². The summed E-state index contributed by atoms with van der Waals surface area (Å²) in [5.41, 5.74) is 2.80. The molecular weight excluding hydrogens is 350 g/mol. The van der Waals surface area contributed by atoms with Gasteiger partial charge in [-0.05, 0) is 54.1 Å². The quantitative estimate of drug-likeness (QED) is 0.535. The Balaban J connectivity index is 1.60. The van der Waals surface area contributed by atoms with E-state index in [0.717, 1.165) is 11.1 Å². The van der Waals surface area contributed by atoms with Crippen molar-refractivity contribution in [2.75, 3.05) is 7.11 Å². The molecule has 0 aliphatic carbocycles. The smallest absolute Gasteiger partial charge is 0.161 e. The van der Waals surface area contributed by atoms with Crippen LogP contribution in [0.2, 0.25) is 0 Å². The molecule has 1 N–H and O–H groups in total. The third-order valence-electron chi connectivity index (χ3n) is 4.16. The fourth-order valence-electron chi connectivity index (χ4n) is 2.84. The third kappa shape index (κ3) is 3.60. The number of nitrogens with one attached hydrogen (secondary N) is 1. The number of imidazole rings is 1. The highest BCUT2D eigenvalue weighted by Gasteiger charge is 2.11. The van der Waals surface area contributed by atoms with Crippen molar-refractivity contribution in [2.24, 2.45) is 0 Å². The molecule has 0 aliphatic heterocycles. The number of rotatable bonds is 5. The van der Waals surface area contributed by atoms with Crippen LogP contribution >= 0.6 is 0 Å². The zero-order chi connectivity index (χ0) is 18.8. The number of methoxy groups -OCH3 is 1. The van der Waals surface area contributed by atoms with E-state index in [0.29, 0.717) is 28.4 Å². The van der Waals surface area contributed by atoms with E-state index in [2.05, 4.69) is 9.97 Å². The summed E-state index contributed by atoms with van der Waals surface area (Å²) in [4.78, 5) is 7.57. The summed E-state index contributed by atoms with van der Waals surface area (Å²) >= 11 is 0. The largest absolute Gasteiger partial charge is 0.493 e. The number of hydrogen-bond acceptors (Lipinski definition) is 3. The molecule has 1 heterocycles. The van der Waals surface area contributed by atoms with Gasteiger partial charge in [-0.15, -0.1) is 0 Å². The van der Waals surface area contributed by atoms with Gasteiger partial charge in [0.05, 0.1) is 18.1 Å². The molecule has 3 aromatic carbocycles. The van der Waals surface area contributed by atoms with Gasteiger partial charge in [-0.1, -0.05) is 12.1 Å². The molecule has 4 rings (SSSR count). The molecule has 136 valence electrons. The Kier molecular flexibility index (Phi) is 4.46. The average molecular weight is 366 g/mol. The Labute approximate surface area is 154 Å². The zero-order valence-electron chi connectivity index (χ0n) is 14.5. The van der Waals surface area contributed by atoms with Crippen LogP contribution < -0.4 is 9.47 Å². The molecule has 0 saturated carbocycles.